The van der Waals surface area contributed by atoms with Crippen LogP contribution in [-0.2, 0) is 9.53 Å². The van der Waals surface area contributed by atoms with Gasteiger partial charge in [0.25, 0.3) is 0 Å². The number of nitrogens with zero attached hydrogens (tertiary/aromatic N) is 2. The molecule has 1 aromatic rings. The number of hydrogen-bond donors (Lipinski definition) is 3. The van der Waals surface area contributed by atoms with Crippen molar-refractivity contribution in [1.82, 2.24) is 10.6 Å². The van der Waals surface area contributed by atoms with Gasteiger partial charge in [-0.1, -0.05) is 6.92 Å². The van der Waals surface area contributed by atoms with Crippen LogP contribution in [0.3, 0.4) is 0 Å². The van der Waals surface area contributed by atoms with Gasteiger partial charge in [0, 0.05) is 20.0 Å². The van der Waals surface area contributed by atoms with Crippen molar-refractivity contribution in [2.75, 3.05) is 42.5 Å². The predicted molar refractivity (Wildman–Crippen MR) is 97.4 cm³/mol. The molecule has 1 aliphatic rings. The molecular formula is C17H24FN5O3. The minimum atomic E-state index is -0.580. The zero-order valence-corrected chi connectivity index (χ0v) is 14.9. The zero-order chi connectivity index (χ0) is 19.1. The summed E-state index contributed by atoms with van der Waals surface area (Å²) in [6.45, 7) is 5.67. The average molecular weight is 365 g/mol. The summed E-state index contributed by atoms with van der Waals surface area (Å²) in [5.74, 6) is -0.736. The molecule has 2 rings (SSSR count). The van der Waals surface area contributed by atoms with Crippen LogP contribution in [0.1, 0.15) is 13.8 Å². The molecule has 0 radical (unpaired) electrons. The number of benzene rings is 1. The van der Waals surface area contributed by atoms with Gasteiger partial charge in [-0.25, -0.2) is 9.18 Å². The van der Waals surface area contributed by atoms with Crippen LogP contribution in [-0.4, -0.2) is 57.2 Å². The Kier molecular flexibility index (Phi) is 6.90. The van der Waals surface area contributed by atoms with Crippen LogP contribution in [0.4, 0.5) is 20.6 Å². The first-order chi connectivity index (χ1) is 12.5. The summed E-state index contributed by atoms with van der Waals surface area (Å²) in [7, 11) is 0. The summed E-state index contributed by atoms with van der Waals surface area (Å²) < 4.78 is 19.7. The van der Waals surface area contributed by atoms with E-state index in [1.54, 1.807) is 6.07 Å². The van der Waals surface area contributed by atoms with Crippen molar-refractivity contribution >= 4 is 29.7 Å². The van der Waals surface area contributed by atoms with Crippen LogP contribution in [0, 0.1) is 11.2 Å². The van der Waals surface area contributed by atoms with E-state index in [0.717, 1.165) is 12.9 Å². The van der Waals surface area contributed by atoms with Crippen molar-refractivity contribution in [3.8, 4) is 0 Å². The van der Waals surface area contributed by atoms with Gasteiger partial charge < -0.3 is 20.3 Å². The molecule has 0 aromatic heterocycles. The highest BCUT2D eigenvalue weighted by atomic mass is 19.1. The van der Waals surface area contributed by atoms with Crippen LogP contribution in [0.5, 0.6) is 0 Å². The van der Waals surface area contributed by atoms with E-state index < -0.39 is 18.0 Å². The van der Waals surface area contributed by atoms with Gasteiger partial charge in [-0.3, -0.25) is 15.1 Å². The molecule has 2 amide bonds. The maximum absolute atomic E-state index is 14.5. The fourth-order valence-corrected chi connectivity index (χ4v) is 2.62. The lowest BCUT2D eigenvalue weighted by Crippen LogP contribution is -2.33. The Morgan fingerprint density at radius 1 is 1.54 bits per heavy atom. The Bertz CT molecular complexity index is 670. The standard InChI is InChI=1S/C17H24FN5O3/c1-3-20-6-7-22(11-19)16-5-4-13(8-15(16)18)23-10-14(26-17(23)25)9-21-12(2)24/h4-5,8,11,14,19-20H,3,6-7,9-10H2,1-2H3,(H,21,24). The van der Waals surface area contributed by atoms with E-state index in [2.05, 4.69) is 10.6 Å². The molecule has 0 aliphatic carbocycles. The lowest BCUT2D eigenvalue weighted by molar-refractivity contribution is -0.119. The number of anilines is 2. The Hall–Kier alpha value is -2.68. The van der Waals surface area contributed by atoms with Crippen LogP contribution in [0.25, 0.3) is 0 Å². The number of rotatable bonds is 9. The Labute approximate surface area is 151 Å². The van der Waals surface area contributed by atoms with Crippen molar-refractivity contribution in [2.45, 2.75) is 20.0 Å². The second-order valence-electron chi connectivity index (χ2n) is 5.87. The van der Waals surface area contributed by atoms with Gasteiger partial charge in [-0.05, 0) is 24.7 Å². The summed E-state index contributed by atoms with van der Waals surface area (Å²) in [6, 6.07) is 4.40. The molecule has 26 heavy (non-hydrogen) atoms. The fourth-order valence-electron chi connectivity index (χ4n) is 2.62. The normalized spacial score (nSPS) is 16.3. The highest BCUT2D eigenvalue weighted by Crippen LogP contribution is 2.27. The quantitative estimate of drug-likeness (QED) is 0.348. The summed E-state index contributed by atoms with van der Waals surface area (Å²) in [6.07, 6.45) is 0.0131. The summed E-state index contributed by atoms with van der Waals surface area (Å²) in [5, 5.41) is 13.2. The second-order valence-corrected chi connectivity index (χ2v) is 5.87. The second kappa shape index (κ2) is 9.14. The van der Waals surface area contributed by atoms with E-state index in [1.165, 1.54) is 28.9 Å². The first-order valence-electron chi connectivity index (χ1n) is 8.46. The Morgan fingerprint density at radius 2 is 2.31 bits per heavy atom. The van der Waals surface area contributed by atoms with Crippen LogP contribution in [0.2, 0.25) is 0 Å². The smallest absolute Gasteiger partial charge is 0.414 e. The molecule has 3 N–H and O–H groups in total. The van der Waals surface area contributed by atoms with Gasteiger partial charge in [-0.2, -0.15) is 0 Å². The minimum Gasteiger partial charge on any atom is -0.442 e. The number of ether oxygens (including phenoxy) is 1. The lowest BCUT2D eigenvalue weighted by atomic mass is 10.2. The summed E-state index contributed by atoms with van der Waals surface area (Å²) in [5.41, 5.74) is 0.641. The van der Waals surface area contributed by atoms with Crippen molar-refractivity contribution in [1.29, 1.82) is 5.41 Å². The molecule has 1 atom stereocenters. The van der Waals surface area contributed by atoms with E-state index in [1.807, 2.05) is 6.92 Å². The molecule has 9 heteroatoms. The molecule has 1 aromatic carbocycles. The number of halogens is 1. The van der Waals surface area contributed by atoms with Gasteiger partial charge in [0.2, 0.25) is 5.91 Å². The number of carbonyl (C=O) groups is 2. The molecule has 0 saturated carbocycles. The number of amides is 2. The lowest BCUT2D eigenvalue weighted by Gasteiger charge is -2.21. The predicted octanol–water partition coefficient (Wildman–Crippen LogP) is 1.31. The van der Waals surface area contributed by atoms with E-state index in [-0.39, 0.29) is 24.7 Å². The highest BCUT2D eigenvalue weighted by molar-refractivity contribution is 5.90. The number of hydrogen-bond acceptors (Lipinski definition) is 5. The van der Waals surface area contributed by atoms with Gasteiger partial charge in [0.1, 0.15) is 11.9 Å². The van der Waals surface area contributed by atoms with Crippen molar-refractivity contribution in [2.24, 2.45) is 0 Å². The summed E-state index contributed by atoms with van der Waals surface area (Å²) >= 11 is 0. The fraction of sp³-hybridized carbons (Fsp3) is 0.471. The molecule has 0 bridgehead atoms. The molecular weight excluding hydrogens is 341 g/mol. The van der Waals surface area contributed by atoms with E-state index in [0.29, 0.717) is 18.8 Å². The van der Waals surface area contributed by atoms with Gasteiger partial charge in [-0.15, -0.1) is 0 Å². The molecule has 142 valence electrons. The SMILES string of the molecule is CCNCCN(C=N)c1ccc(N2CC(CNC(C)=O)OC2=O)cc1F. The highest BCUT2D eigenvalue weighted by Gasteiger charge is 2.32. The maximum Gasteiger partial charge on any atom is 0.414 e. The average Bonchev–Trinajstić information content (AvgIpc) is 2.98. The maximum atomic E-state index is 14.5. The third kappa shape index (κ3) is 4.92. The number of cyclic esters (lactones) is 1. The first kappa shape index (κ1) is 19.6. The summed E-state index contributed by atoms with van der Waals surface area (Å²) in [4.78, 5) is 25.8. The van der Waals surface area contributed by atoms with Crippen molar-refractivity contribution in [3.05, 3.63) is 24.0 Å². The van der Waals surface area contributed by atoms with Crippen molar-refractivity contribution in [3.63, 3.8) is 0 Å². The van der Waals surface area contributed by atoms with Crippen LogP contribution < -0.4 is 20.4 Å². The van der Waals surface area contributed by atoms with E-state index in [9.17, 15) is 14.0 Å². The molecule has 0 spiro atoms. The monoisotopic (exact) mass is 365 g/mol. The zero-order valence-electron chi connectivity index (χ0n) is 14.9. The largest absolute Gasteiger partial charge is 0.442 e. The Balaban J connectivity index is 2.07. The third-order valence-corrected chi connectivity index (χ3v) is 3.94. The number of nitrogens with one attached hydrogen (secondary N) is 3. The minimum absolute atomic E-state index is 0.209. The molecule has 1 saturated heterocycles. The topological polar surface area (TPSA) is 97.8 Å². The molecule has 1 unspecified atom stereocenters. The van der Waals surface area contributed by atoms with Gasteiger partial charge >= 0.3 is 6.09 Å². The molecule has 1 aliphatic heterocycles. The number of likely N-dealkylation sites (N-methyl/N-ethyl adjacent to an activating group) is 1. The van der Waals surface area contributed by atoms with Crippen LogP contribution in [0.15, 0.2) is 18.2 Å². The van der Waals surface area contributed by atoms with E-state index >= 15 is 0 Å². The van der Waals surface area contributed by atoms with Crippen LogP contribution >= 0.6 is 0 Å². The molecule has 8 nitrogen and oxygen atoms in total. The van der Waals surface area contributed by atoms with E-state index in [4.69, 9.17) is 10.1 Å². The molecule has 1 fully saturated rings. The number of carbonyl (C=O) groups excluding carboxylic acids is 2. The third-order valence-electron chi connectivity index (χ3n) is 3.94. The van der Waals surface area contributed by atoms with Gasteiger partial charge in [0.05, 0.1) is 30.8 Å². The first-order valence-corrected chi connectivity index (χ1v) is 8.46. The van der Waals surface area contributed by atoms with Crippen molar-refractivity contribution < 1.29 is 18.7 Å². The van der Waals surface area contributed by atoms with Gasteiger partial charge in [0.15, 0.2) is 0 Å². The molecule has 1 heterocycles. The Morgan fingerprint density at radius 3 is 2.92 bits per heavy atom.